The van der Waals surface area contributed by atoms with Crippen LogP contribution in [0.3, 0.4) is 0 Å². The van der Waals surface area contributed by atoms with E-state index in [9.17, 15) is 13.6 Å². The number of benzene rings is 2. The molecule has 0 bridgehead atoms. The van der Waals surface area contributed by atoms with E-state index in [2.05, 4.69) is 22.9 Å². The van der Waals surface area contributed by atoms with Crippen LogP contribution < -0.4 is 5.73 Å². The number of hydrogen-bond donors (Lipinski definition) is 1. The molecule has 0 unspecified atom stereocenters. The summed E-state index contributed by atoms with van der Waals surface area (Å²) in [6, 6.07) is 11.6. The molecule has 1 aromatic heterocycles. The van der Waals surface area contributed by atoms with Crippen molar-refractivity contribution in [3.8, 4) is 11.1 Å². The number of nitrogens with two attached hydrogens (primary N) is 1. The standard InChI is InChI=1S/C23H23BrF2N2O/c1-3-4-5-20-22(16-7-9-17(24)10-8-16)21(23(27)29)14(2)28(20)13-15-6-11-18(25)19(26)12-15/h6-12H,3-5,13H2,1-2H3,(H2,27,29). The Morgan fingerprint density at radius 3 is 2.38 bits per heavy atom. The lowest BCUT2D eigenvalue weighted by Crippen LogP contribution is -2.13. The van der Waals surface area contributed by atoms with Gasteiger partial charge in [0.05, 0.1) is 5.56 Å². The molecule has 3 aromatic rings. The van der Waals surface area contributed by atoms with Crippen LogP contribution in [0.1, 0.15) is 47.1 Å². The van der Waals surface area contributed by atoms with Crippen molar-refractivity contribution in [1.29, 1.82) is 0 Å². The second-order valence-corrected chi connectivity index (χ2v) is 8.01. The Labute approximate surface area is 177 Å². The fraction of sp³-hybridized carbons (Fsp3) is 0.261. The topological polar surface area (TPSA) is 48.0 Å². The molecule has 0 radical (unpaired) electrons. The fourth-order valence-corrected chi connectivity index (χ4v) is 3.93. The van der Waals surface area contributed by atoms with Crippen molar-refractivity contribution in [2.24, 2.45) is 5.73 Å². The third-order valence-corrected chi connectivity index (χ3v) is 5.63. The van der Waals surface area contributed by atoms with Gasteiger partial charge in [-0.3, -0.25) is 4.79 Å². The van der Waals surface area contributed by atoms with Crippen molar-refractivity contribution in [3.63, 3.8) is 0 Å². The summed E-state index contributed by atoms with van der Waals surface area (Å²) in [5, 5.41) is 0. The van der Waals surface area contributed by atoms with E-state index in [1.165, 1.54) is 6.07 Å². The molecular weight excluding hydrogens is 438 g/mol. The van der Waals surface area contributed by atoms with E-state index < -0.39 is 17.5 Å². The summed E-state index contributed by atoms with van der Waals surface area (Å²) >= 11 is 3.44. The second-order valence-electron chi connectivity index (χ2n) is 7.09. The van der Waals surface area contributed by atoms with Gasteiger partial charge in [-0.15, -0.1) is 0 Å². The average Bonchev–Trinajstić information content (AvgIpc) is 2.95. The minimum atomic E-state index is -0.884. The predicted molar refractivity (Wildman–Crippen MR) is 115 cm³/mol. The molecular formula is C23H23BrF2N2O. The van der Waals surface area contributed by atoms with Crippen molar-refractivity contribution in [2.45, 2.75) is 39.7 Å². The highest BCUT2D eigenvalue weighted by molar-refractivity contribution is 9.10. The zero-order valence-corrected chi connectivity index (χ0v) is 18.0. The van der Waals surface area contributed by atoms with Gasteiger partial charge >= 0.3 is 0 Å². The first kappa shape index (κ1) is 21.2. The third-order valence-electron chi connectivity index (χ3n) is 5.10. The highest BCUT2D eigenvalue weighted by Crippen LogP contribution is 2.35. The molecule has 0 aliphatic rings. The van der Waals surface area contributed by atoms with Crippen LogP contribution in [-0.4, -0.2) is 10.5 Å². The fourth-order valence-electron chi connectivity index (χ4n) is 3.67. The first-order valence-electron chi connectivity index (χ1n) is 9.55. The van der Waals surface area contributed by atoms with Crippen LogP contribution in [0.15, 0.2) is 46.9 Å². The molecule has 0 spiro atoms. The normalized spacial score (nSPS) is 11.1. The summed E-state index contributed by atoms with van der Waals surface area (Å²) in [5.41, 5.74) is 10.3. The van der Waals surface area contributed by atoms with E-state index in [0.717, 1.165) is 52.3 Å². The number of unbranched alkanes of at least 4 members (excludes halogenated alkanes) is 1. The van der Waals surface area contributed by atoms with Crippen LogP contribution >= 0.6 is 15.9 Å². The number of halogens is 3. The van der Waals surface area contributed by atoms with Crippen LogP contribution in [0.25, 0.3) is 11.1 Å². The molecule has 0 saturated heterocycles. The van der Waals surface area contributed by atoms with Crippen molar-refractivity contribution >= 4 is 21.8 Å². The Kier molecular flexibility index (Phi) is 6.52. The predicted octanol–water partition coefficient (Wildman–Crippen LogP) is 5.99. The molecule has 29 heavy (non-hydrogen) atoms. The van der Waals surface area contributed by atoms with Gasteiger partial charge in [0, 0.05) is 28.0 Å². The number of aromatic nitrogens is 1. The van der Waals surface area contributed by atoms with E-state index >= 15 is 0 Å². The zero-order chi connectivity index (χ0) is 21.1. The summed E-state index contributed by atoms with van der Waals surface area (Å²) in [4.78, 5) is 12.4. The van der Waals surface area contributed by atoms with E-state index in [0.29, 0.717) is 17.7 Å². The number of amides is 1. The van der Waals surface area contributed by atoms with Crippen molar-refractivity contribution in [1.82, 2.24) is 4.57 Å². The molecule has 0 atom stereocenters. The van der Waals surface area contributed by atoms with E-state index in [4.69, 9.17) is 5.73 Å². The monoisotopic (exact) mass is 460 g/mol. The summed E-state index contributed by atoms with van der Waals surface area (Å²) in [7, 11) is 0. The van der Waals surface area contributed by atoms with E-state index in [-0.39, 0.29) is 0 Å². The van der Waals surface area contributed by atoms with Gasteiger partial charge in [-0.1, -0.05) is 47.5 Å². The van der Waals surface area contributed by atoms with Crippen LogP contribution in [0.2, 0.25) is 0 Å². The lowest BCUT2D eigenvalue weighted by atomic mass is 9.97. The van der Waals surface area contributed by atoms with Gasteiger partial charge in [0.25, 0.3) is 5.91 Å². The lowest BCUT2D eigenvalue weighted by Gasteiger charge is -2.14. The van der Waals surface area contributed by atoms with Crippen LogP contribution in [0, 0.1) is 18.6 Å². The lowest BCUT2D eigenvalue weighted by molar-refractivity contribution is 0.1000. The van der Waals surface area contributed by atoms with Crippen molar-refractivity contribution < 1.29 is 13.6 Å². The van der Waals surface area contributed by atoms with Gasteiger partial charge in [0.15, 0.2) is 11.6 Å². The van der Waals surface area contributed by atoms with Gasteiger partial charge in [-0.25, -0.2) is 8.78 Å². The Balaban J connectivity index is 2.20. The highest BCUT2D eigenvalue weighted by atomic mass is 79.9. The second kappa shape index (κ2) is 8.91. The Bertz CT molecular complexity index is 1040. The van der Waals surface area contributed by atoms with Gasteiger partial charge in [0.2, 0.25) is 0 Å². The molecule has 0 aliphatic carbocycles. The van der Waals surface area contributed by atoms with Crippen molar-refractivity contribution in [3.05, 3.63) is 81.1 Å². The summed E-state index contributed by atoms with van der Waals surface area (Å²) in [6.07, 6.45) is 2.67. The maximum atomic E-state index is 13.7. The van der Waals surface area contributed by atoms with Crippen LogP contribution in [0.4, 0.5) is 8.78 Å². The zero-order valence-electron chi connectivity index (χ0n) is 16.4. The molecule has 1 heterocycles. The van der Waals surface area contributed by atoms with Crippen LogP contribution in [0.5, 0.6) is 0 Å². The average molecular weight is 461 g/mol. The van der Waals surface area contributed by atoms with Crippen LogP contribution in [-0.2, 0) is 13.0 Å². The molecule has 1 amide bonds. The Morgan fingerprint density at radius 2 is 1.79 bits per heavy atom. The Hall–Kier alpha value is -2.47. The maximum Gasteiger partial charge on any atom is 0.251 e. The third kappa shape index (κ3) is 4.42. The minimum absolute atomic E-state index is 0.332. The number of hydrogen-bond acceptors (Lipinski definition) is 1. The number of carbonyl (C=O) groups excluding carboxylic acids is 1. The molecule has 152 valence electrons. The van der Waals surface area contributed by atoms with Gasteiger partial charge in [-0.05, 0) is 55.2 Å². The molecule has 6 heteroatoms. The molecule has 3 nitrogen and oxygen atoms in total. The van der Waals surface area contributed by atoms with Crippen molar-refractivity contribution in [2.75, 3.05) is 0 Å². The minimum Gasteiger partial charge on any atom is -0.366 e. The number of rotatable bonds is 7. The largest absolute Gasteiger partial charge is 0.366 e. The first-order chi connectivity index (χ1) is 13.8. The first-order valence-corrected chi connectivity index (χ1v) is 10.3. The number of nitrogens with zero attached hydrogens (tertiary/aromatic N) is 1. The molecule has 0 fully saturated rings. The molecule has 2 N–H and O–H groups in total. The Morgan fingerprint density at radius 1 is 1.10 bits per heavy atom. The smallest absolute Gasteiger partial charge is 0.251 e. The molecule has 0 aliphatic heterocycles. The highest BCUT2D eigenvalue weighted by Gasteiger charge is 2.24. The molecule has 0 saturated carbocycles. The number of primary amides is 1. The number of carbonyl (C=O) groups is 1. The SMILES string of the molecule is CCCCc1c(-c2ccc(Br)cc2)c(C(N)=O)c(C)n1Cc1ccc(F)c(F)c1. The van der Waals surface area contributed by atoms with E-state index in [1.807, 2.05) is 35.8 Å². The summed E-state index contributed by atoms with van der Waals surface area (Å²) in [5.74, 6) is -2.26. The van der Waals surface area contributed by atoms with Gasteiger partial charge in [0.1, 0.15) is 0 Å². The maximum absolute atomic E-state index is 13.7. The van der Waals surface area contributed by atoms with E-state index in [1.54, 1.807) is 6.07 Å². The van der Waals surface area contributed by atoms with Gasteiger partial charge < -0.3 is 10.3 Å². The quantitative estimate of drug-likeness (QED) is 0.462. The molecule has 3 rings (SSSR count). The molecule has 2 aromatic carbocycles. The van der Waals surface area contributed by atoms with Gasteiger partial charge in [-0.2, -0.15) is 0 Å². The summed E-state index contributed by atoms with van der Waals surface area (Å²) in [6.45, 7) is 4.28. The summed E-state index contributed by atoms with van der Waals surface area (Å²) < 4.78 is 30.0.